The summed E-state index contributed by atoms with van der Waals surface area (Å²) >= 11 is 0. The summed E-state index contributed by atoms with van der Waals surface area (Å²) in [6, 6.07) is 5.31. The van der Waals surface area contributed by atoms with Gasteiger partial charge in [-0.25, -0.2) is 17.5 Å². The van der Waals surface area contributed by atoms with Gasteiger partial charge in [-0.15, -0.1) is 0 Å². The van der Waals surface area contributed by atoms with Crippen LogP contribution in [0.15, 0.2) is 41.3 Å². The molecule has 1 rings (SSSR count). The fourth-order valence-corrected chi connectivity index (χ4v) is 2.31. The van der Waals surface area contributed by atoms with Gasteiger partial charge in [-0.2, -0.15) is 0 Å². The van der Waals surface area contributed by atoms with Crippen LogP contribution in [-0.2, 0) is 10.0 Å². The van der Waals surface area contributed by atoms with E-state index < -0.39 is 15.8 Å². The van der Waals surface area contributed by atoms with E-state index in [-0.39, 0.29) is 11.4 Å². The van der Waals surface area contributed by atoms with Crippen molar-refractivity contribution in [1.82, 2.24) is 4.72 Å². The summed E-state index contributed by atoms with van der Waals surface area (Å²) in [6.07, 6.45) is 4.26. The van der Waals surface area contributed by atoms with Crippen molar-refractivity contribution in [1.29, 1.82) is 0 Å². The van der Waals surface area contributed by atoms with Crippen LogP contribution >= 0.6 is 0 Å². The first-order valence-electron chi connectivity index (χ1n) is 4.93. The lowest BCUT2D eigenvalue weighted by Gasteiger charge is -2.05. The molecule has 0 bridgehead atoms. The Balaban J connectivity index is 2.75. The van der Waals surface area contributed by atoms with Crippen LogP contribution in [0.2, 0.25) is 0 Å². The van der Waals surface area contributed by atoms with E-state index in [0.29, 0.717) is 6.42 Å². The molecule has 0 aromatic heterocycles. The van der Waals surface area contributed by atoms with Crippen LogP contribution in [-0.4, -0.2) is 15.0 Å². The number of halogens is 1. The molecule has 0 fully saturated rings. The Labute approximate surface area is 95.0 Å². The number of hydrogen-bond acceptors (Lipinski definition) is 2. The number of benzene rings is 1. The largest absolute Gasteiger partial charge is 0.243 e. The number of rotatable bonds is 5. The highest BCUT2D eigenvalue weighted by molar-refractivity contribution is 7.89. The zero-order valence-electron chi connectivity index (χ0n) is 8.98. The monoisotopic (exact) mass is 243 g/mol. The predicted octanol–water partition coefficient (Wildman–Crippen LogP) is 2.07. The normalized spacial score (nSPS) is 12.1. The molecule has 0 aliphatic heterocycles. The molecule has 0 unspecified atom stereocenters. The number of hydrogen-bond donors (Lipinski definition) is 1. The molecular weight excluding hydrogens is 229 g/mol. The lowest BCUT2D eigenvalue weighted by molar-refractivity contribution is 0.557. The van der Waals surface area contributed by atoms with Crippen molar-refractivity contribution in [2.45, 2.75) is 18.2 Å². The Bertz CT molecular complexity index is 469. The van der Waals surface area contributed by atoms with Gasteiger partial charge in [0.15, 0.2) is 0 Å². The summed E-state index contributed by atoms with van der Waals surface area (Å²) in [7, 11) is -3.73. The molecule has 1 aromatic rings. The summed E-state index contributed by atoms with van der Waals surface area (Å²) in [5, 5.41) is 0. The summed E-state index contributed by atoms with van der Waals surface area (Å²) in [6.45, 7) is 2.12. The van der Waals surface area contributed by atoms with Gasteiger partial charge in [0.2, 0.25) is 10.0 Å². The molecule has 0 aliphatic carbocycles. The Hall–Kier alpha value is -1.20. The second-order valence-electron chi connectivity index (χ2n) is 3.19. The molecule has 0 saturated heterocycles. The molecule has 1 aromatic carbocycles. The van der Waals surface area contributed by atoms with Crippen molar-refractivity contribution in [3.8, 4) is 0 Å². The second kappa shape index (κ2) is 5.77. The van der Waals surface area contributed by atoms with Gasteiger partial charge in [-0.3, -0.25) is 0 Å². The average Bonchev–Trinajstić information content (AvgIpc) is 2.25. The molecule has 0 heterocycles. The third kappa shape index (κ3) is 3.43. The summed E-state index contributed by atoms with van der Waals surface area (Å²) in [4.78, 5) is -0.310. The lowest BCUT2D eigenvalue weighted by atomic mass is 10.4. The molecule has 88 valence electrons. The maximum absolute atomic E-state index is 13.2. The zero-order chi connectivity index (χ0) is 12.0. The third-order valence-corrected chi connectivity index (χ3v) is 3.46. The van der Waals surface area contributed by atoms with Gasteiger partial charge in [0.25, 0.3) is 0 Å². The van der Waals surface area contributed by atoms with Crippen LogP contribution in [0.3, 0.4) is 0 Å². The summed E-state index contributed by atoms with van der Waals surface area (Å²) in [5.74, 6) is -0.735. The predicted molar refractivity (Wildman–Crippen MR) is 61.0 cm³/mol. The molecule has 3 nitrogen and oxygen atoms in total. The number of sulfonamides is 1. The molecule has 0 saturated carbocycles. The molecule has 0 aliphatic rings. The molecule has 0 amide bonds. The molecule has 0 atom stereocenters. The van der Waals surface area contributed by atoms with Crippen molar-refractivity contribution < 1.29 is 12.8 Å². The van der Waals surface area contributed by atoms with Gasteiger partial charge in [-0.1, -0.05) is 24.3 Å². The summed E-state index contributed by atoms with van der Waals surface area (Å²) < 4.78 is 38.8. The molecule has 0 radical (unpaired) electrons. The highest BCUT2D eigenvalue weighted by Gasteiger charge is 2.16. The van der Waals surface area contributed by atoms with E-state index in [0.717, 1.165) is 6.07 Å². The summed E-state index contributed by atoms with van der Waals surface area (Å²) in [5.41, 5.74) is 0. The van der Waals surface area contributed by atoms with Crippen molar-refractivity contribution in [3.05, 3.63) is 42.2 Å². The topological polar surface area (TPSA) is 46.2 Å². The minimum Gasteiger partial charge on any atom is -0.211 e. The first kappa shape index (κ1) is 12.9. The van der Waals surface area contributed by atoms with Crippen LogP contribution in [0.5, 0.6) is 0 Å². The van der Waals surface area contributed by atoms with Crippen LogP contribution in [0.1, 0.15) is 13.3 Å². The SMILES string of the molecule is C/C=C/CCNS(=O)(=O)c1ccccc1F. The van der Waals surface area contributed by atoms with E-state index >= 15 is 0 Å². The standard InChI is InChI=1S/C11H14FNO2S/c1-2-3-6-9-13-16(14,15)11-8-5-4-7-10(11)12/h2-5,7-8,13H,6,9H2,1H3/b3-2+. The Morgan fingerprint density at radius 1 is 1.38 bits per heavy atom. The zero-order valence-corrected chi connectivity index (χ0v) is 9.80. The van der Waals surface area contributed by atoms with Crippen LogP contribution < -0.4 is 4.72 Å². The highest BCUT2D eigenvalue weighted by Crippen LogP contribution is 2.12. The highest BCUT2D eigenvalue weighted by atomic mass is 32.2. The third-order valence-electron chi connectivity index (χ3n) is 1.96. The van der Waals surface area contributed by atoms with Crippen molar-refractivity contribution >= 4 is 10.0 Å². The van der Waals surface area contributed by atoms with Crippen LogP contribution in [0.25, 0.3) is 0 Å². The van der Waals surface area contributed by atoms with E-state index in [2.05, 4.69) is 4.72 Å². The molecule has 5 heteroatoms. The van der Waals surface area contributed by atoms with Gasteiger partial charge in [0.05, 0.1) is 0 Å². The van der Waals surface area contributed by atoms with Gasteiger partial charge in [0, 0.05) is 6.54 Å². The van der Waals surface area contributed by atoms with Crippen LogP contribution in [0, 0.1) is 5.82 Å². The lowest BCUT2D eigenvalue weighted by Crippen LogP contribution is -2.25. The van der Waals surface area contributed by atoms with Crippen molar-refractivity contribution in [2.75, 3.05) is 6.54 Å². The molecule has 16 heavy (non-hydrogen) atoms. The number of nitrogens with one attached hydrogen (secondary N) is 1. The quantitative estimate of drug-likeness (QED) is 0.635. The fourth-order valence-electron chi connectivity index (χ4n) is 1.18. The van der Waals surface area contributed by atoms with E-state index in [9.17, 15) is 12.8 Å². The van der Waals surface area contributed by atoms with E-state index in [4.69, 9.17) is 0 Å². The first-order valence-corrected chi connectivity index (χ1v) is 6.41. The minimum absolute atomic E-state index is 0.265. The minimum atomic E-state index is -3.73. The van der Waals surface area contributed by atoms with Gasteiger partial charge in [0.1, 0.15) is 10.7 Å². The van der Waals surface area contributed by atoms with E-state index in [1.165, 1.54) is 18.2 Å². The number of allylic oxidation sites excluding steroid dienone is 1. The van der Waals surface area contributed by atoms with E-state index in [1.54, 1.807) is 0 Å². The van der Waals surface area contributed by atoms with Crippen molar-refractivity contribution in [3.63, 3.8) is 0 Å². The van der Waals surface area contributed by atoms with Gasteiger partial charge in [-0.05, 0) is 25.5 Å². The van der Waals surface area contributed by atoms with Gasteiger partial charge < -0.3 is 0 Å². The Morgan fingerprint density at radius 3 is 2.69 bits per heavy atom. The first-order chi connectivity index (χ1) is 7.58. The maximum Gasteiger partial charge on any atom is 0.243 e. The van der Waals surface area contributed by atoms with E-state index in [1.807, 2.05) is 19.1 Å². The fraction of sp³-hybridized carbons (Fsp3) is 0.273. The molecule has 0 spiro atoms. The van der Waals surface area contributed by atoms with Crippen molar-refractivity contribution in [2.24, 2.45) is 0 Å². The van der Waals surface area contributed by atoms with Gasteiger partial charge >= 0.3 is 0 Å². The Morgan fingerprint density at radius 2 is 2.06 bits per heavy atom. The molecule has 1 N–H and O–H groups in total. The molecular formula is C11H14FNO2S. The Kier molecular flexibility index (Phi) is 4.64. The van der Waals surface area contributed by atoms with Crippen LogP contribution in [0.4, 0.5) is 4.39 Å². The average molecular weight is 243 g/mol. The smallest absolute Gasteiger partial charge is 0.211 e. The maximum atomic E-state index is 13.2. The second-order valence-corrected chi connectivity index (χ2v) is 4.92.